The topological polar surface area (TPSA) is 152 Å². The first-order chi connectivity index (χ1) is 16.5. The van der Waals surface area contributed by atoms with Crippen LogP contribution in [0.3, 0.4) is 0 Å². The van der Waals surface area contributed by atoms with Crippen molar-refractivity contribution in [1.29, 1.82) is 0 Å². The van der Waals surface area contributed by atoms with Gasteiger partial charge >= 0.3 is 24.8 Å². The summed E-state index contributed by atoms with van der Waals surface area (Å²) in [7, 11) is 0. The third-order valence-electron chi connectivity index (χ3n) is 4.82. The van der Waals surface area contributed by atoms with Gasteiger partial charge in [-0.15, -0.1) is 0 Å². The summed E-state index contributed by atoms with van der Waals surface area (Å²) < 4.78 is 20.2. The van der Waals surface area contributed by atoms with E-state index >= 15 is 0 Å². The second-order valence-electron chi connectivity index (χ2n) is 7.28. The van der Waals surface area contributed by atoms with E-state index in [1.165, 1.54) is 19.8 Å². The van der Waals surface area contributed by atoms with Crippen LogP contribution in [0.15, 0.2) is 48.5 Å². The first-order valence-electron chi connectivity index (χ1n) is 10.6. The number of aliphatic hydroxyl groups is 1. The van der Waals surface area contributed by atoms with Gasteiger partial charge in [-0.2, -0.15) is 0 Å². The number of carbonyl (C=O) groups is 3. The molecular weight excluding hydrogens is 455 g/mol. The summed E-state index contributed by atoms with van der Waals surface area (Å²) in [4.78, 5) is 33.8. The minimum Gasteiger partial charge on any atom is -0.727 e. The number of Topliss-reactive ketones (excluding diaryl/α,β-unsaturated/α-hetero) is 2. The standard InChI is InChI=1S/C11H10O4.C9H8O3.C4H8O.Li.H2O2/c1-7(12)15-10-6-14-9-5-3-2-4-8(9)11(10)13;10-7-5-12-8-4-2-1-3-6(8)9(7)11;1-2-4-5-3-1;;1-2/h2-5,10H,6H2,1H3;1-4,7,10H,5H2;1-4H2;;1-2H/q;;;+1;/p-1/t10-;7-;;;/m11.../s1. The first kappa shape index (κ1) is 30.3. The van der Waals surface area contributed by atoms with E-state index in [-0.39, 0.29) is 43.6 Å². The second kappa shape index (κ2) is 16.0. The number of esters is 1. The normalized spacial score (nSPS) is 19.1. The number of aliphatic hydroxyl groups excluding tert-OH is 1. The molecule has 0 spiro atoms. The summed E-state index contributed by atoms with van der Waals surface area (Å²) >= 11 is 0. The number of carbonyl (C=O) groups excluding carboxylic acids is 3. The average molecular weight is 482 g/mol. The molecule has 10 nitrogen and oxygen atoms in total. The zero-order chi connectivity index (χ0) is 24.9. The molecule has 3 aliphatic heterocycles. The second-order valence-corrected chi connectivity index (χ2v) is 7.28. The molecule has 2 aromatic carbocycles. The summed E-state index contributed by atoms with van der Waals surface area (Å²) in [5.41, 5.74) is 0.936. The molecular formula is C24H27LiO10. The first-order valence-corrected chi connectivity index (χ1v) is 10.6. The van der Waals surface area contributed by atoms with Crippen molar-refractivity contribution in [3.8, 4) is 11.5 Å². The van der Waals surface area contributed by atoms with Crippen LogP contribution in [-0.2, 0) is 14.3 Å². The number of hydrogen-bond acceptors (Lipinski definition) is 10. The molecule has 1 fully saturated rings. The smallest absolute Gasteiger partial charge is 0.727 e. The van der Waals surface area contributed by atoms with Crippen LogP contribution in [0.4, 0.5) is 0 Å². The Bertz CT molecular complexity index is 953. The average Bonchev–Trinajstić information content (AvgIpc) is 3.46. The van der Waals surface area contributed by atoms with Crippen LogP contribution in [0.2, 0.25) is 0 Å². The van der Waals surface area contributed by atoms with Gasteiger partial charge in [0.1, 0.15) is 24.7 Å². The van der Waals surface area contributed by atoms with Crippen molar-refractivity contribution >= 4 is 17.5 Å². The Morgan fingerprint density at radius 3 is 1.86 bits per heavy atom. The minimum atomic E-state index is -1.00. The zero-order valence-corrected chi connectivity index (χ0v) is 19.7. The minimum absolute atomic E-state index is 0. The van der Waals surface area contributed by atoms with Crippen molar-refractivity contribution in [3.05, 3.63) is 59.7 Å². The zero-order valence-electron chi connectivity index (χ0n) is 19.7. The molecule has 0 amide bonds. The molecule has 184 valence electrons. The van der Waals surface area contributed by atoms with E-state index in [1.807, 2.05) is 0 Å². The van der Waals surface area contributed by atoms with E-state index in [1.54, 1.807) is 48.5 Å². The van der Waals surface area contributed by atoms with Gasteiger partial charge in [0, 0.05) is 20.1 Å². The number of benzene rings is 2. The Balaban J connectivity index is 0.000000273. The number of rotatable bonds is 1. The number of hydrogen-bond donors (Lipinski definition) is 2. The van der Waals surface area contributed by atoms with Crippen LogP contribution >= 0.6 is 0 Å². The van der Waals surface area contributed by atoms with Crippen molar-refractivity contribution in [2.45, 2.75) is 32.0 Å². The molecule has 0 aromatic heterocycles. The van der Waals surface area contributed by atoms with Gasteiger partial charge in [-0.25, -0.2) is 0 Å². The number of ketones is 2. The van der Waals surface area contributed by atoms with Crippen LogP contribution in [0.25, 0.3) is 0 Å². The quantitative estimate of drug-likeness (QED) is 0.211. The van der Waals surface area contributed by atoms with Gasteiger partial charge in [0.05, 0.1) is 11.1 Å². The predicted octanol–water partition coefficient (Wildman–Crippen LogP) is -1.56. The predicted molar refractivity (Wildman–Crippen MR) is 117 cm³/mol. The fourth-order valence-corrected chi connectivity index (χ4v) is 3.23. The third kappa shape index (κ3) is 9.11. The van der Waals surface area contributed by atoms with Crippen molar-refractivity contribution in [2.75, 3.05) is 26.4 Å². The molecule has 2 aromatic rings. The van der Waals surface area contributed by atoms with Crippen LogP contribution in [0.5, 0.6) is 11.5 Å². The summed E-state index contributed by atoms with van der Waals surface area (Å²) in [5.74, 6) is 0.180. The molecule has 1 saturated heterocycles. The largest absolute Gasteiger partial charge is 1.00 e. The molecule has 2 N–H and O–H groups in total. The summed E-state index contributed by atoms with van der Waals surface area (Å²) in [6, 6.07) is 13.8. The number of fused-ring (bicyclic) bond motifs is 2. The Morgan fingerprint density at radius 2 is 1.37 bits per heavy atom. The maximum absolute atomic E-state index is 11.8. The van der Waals surface area contributed by atoms with Crippen LogP contribution < -0.4 is 33.6 Å². The summed E-state index contributed by atoms with van der Waals surface area (Å²) in [6.07, 6.45) is 0.747. The van der Waals surface area contributed by atoms with Gasteiger partial charge in [0.15, 0.2) is 18.0 Å². The van der Waals surface area contributed by atoms with Gasteiger partial charge in [0.2, 0.25) is 5.78 Å². The summed E-state index contributed by atoms with van der Waals surface area (Å²) in [6.45, 7) is 3.43. The van der Waals surface area contributed by atoms with Gasteiger partial charge < -0.3 is 34.6 Å². The molecule has 0 saturated carbocycles. The van der Waals surface area contributed by atoms with Crippen LogP contribution in [0, 0.1) is 0 Å². The molecule has 3 heterocycles. The monoisotopic (exact) mass is 482 g/mol. The van der Waals surface area contributed by atoms with Gasteiger partial charge in [-0.3, -0.25) is 14.4 Å². The molecule has 2 atom stereocenters. The summed E-state index contributed by atoms with van der Waals surface area (Å²) in [5, 5.41) is 22.1. The molecule has 0 bridgehead atoms. The van der Waals surface area contributed by atoms with Gasteiger partial charge in [-0.1, -0.05) is 24.3 Å². The SMILES string of the molecule is C1CCOC1.CC(=O)O[C@@H]1COc2ccccc2C1=O.O=C1c2ccccc2OC[C@H]1O.[Li+].[O-]O. The van der Waals surface area contributed by atoms with E-state index in [0.717, 1.165) is 13.2 Å². The van der Waals surface area contributed by atoms with Gasteiger partial charge in [0.25, 0.3) is 0 Å². The molecule has 35 heavy (non-hydrogen) atoms. The molecule has 11 heteroatoms. The number of para-hydroxylation sites is 2. The molecule has 3 aliphatic rings. The van der Waals surface area contributed by atoms with Gasteiger partial charge in [-0.05, 0) is 37.1 Å². The maximum Gasteiger partial charge on any atom is 1.00 e. The Labute approximate surface area is 214 Å². The molecule has 5 rings (SSSR count). The molecule has 0 aliphatic carbocycles. The third-order valence-corrected chi connectivity index (χ3v) is 4.82. The fraction of sp³-hybridized carbons (Fsp3) is 0.375. The fourth-order valence-electron chi connectivity index (χ4n) is 3.23. The maximum atomic E-state index is 11.8. The Morgan fingerprint density at radius 1 is 0.886 bits per heavy atom. The molecule has 0 radical (unpaired) electrons. The van der Waals surface area contributed by atoms with E-state index in [2.05, 4.69) is 0 Å². The van der Waals surface area contributed by atoms with E-state index in [0.29, 0.717) is 22.6 Å². The molecule has 0 unspecified atom stereocenters. The van der Waals surface area contributed by atoms with Crippen molar-refractivity contribution in [3.63, 3.8) is 0 Å². The van der Waals surface area contributed by atoms with E-state index in [9.17, 15) is 14.4 Å². The van der Waals surface area contributed by atoms with Crippen molar-refractivity contribution < 1.29 is 67.8 Å². The van der Waals surface area contributed by atoms with Crippen molar-refractivity contribution in [2.24, 2.45) is 0 Å². The van der Waals surface area contributed by atoms with Crippen LogP contribution in [-0.4, -0.2) is 66.5 Å². The Hall–Kier alpha value is -2.71. The Kier molecular flexibility index (Phi) is 13.9. The van der Waals surface area contributed by atoms with Crippen molar-refractivity contribution in [1.82, 2.24) is 0 Å². The number of ether oxygens (including phenoxy) is 4. The van der Waals surface area contributed by atoms with E-state index < -0.39 is 18.2 Å². The van der Waals surface area contributed by atoms with E-state index in [4.69, 9.17) is 34.6 Å². The van der Waals surface area contributed by atoms with Crippen LogP contribution in [0.1, 0.15) is 40.5 Å².